The van der Waals surface area contributed by atoms with E-state index >= 15 is 0 Å². The molecule has 0 radical (unpaired) electrons. The molecule has 0 atom stereocenters. The van der Waals surface area contributed by atoms with E-state index in [0.29, 0.717) is 5.92 Å². The topological polar surface area (TPSA) is 34.1 Å². The summed E-state index contributed by atoms with van der Waals surface area (Å²) in [6.45, 7) is 8.95. The summed E-state index contributed by atoms with van der Waals surface area (Å²) in [5.41, 5.74) is 2.25. The first-order valence-corrected chi connectivity index (χ1v) is 7.95. The smallest absolute Gasteiger partial charge is 0.123 e. The van der Waals surface area contributed by atoms with Crippen molar-refractivity contribution in [2.45, 2.75) is 27.3 Å². The summed E-state index contributed by atoms with van der Waals surface area (Å²) in [5.74, 6) is 1.47. The Hall–Kier alpha value is -1.39. The van der Waals surface area contributed by atoms with Gasteiger partial charge in [0.2, 0.25) is 0 Å². The zero-order valence-electron chi connectivity index (χ0n) is 12.3. The highest BCUT2D eigenvalue weighted by atomic mass is 32.1. The standard InChI is InChI=1S/C16H22N2OS/c1-4-17-9-14-11-20-16(18-14)13-5-7-15(8-6-13)19-10-12(2)3/h5-8,11-12,17H,4,9-10H2,1-3H3. The Morgan fingerprint density at radius 3 is 2.65 bits per heavy atom. The molecule has 0 fully saturated rings. The second kappa shape index (κ2) is 7.41. The molecule has 108 valence electrons. The molecule has 20 heavy (non-hydrogen) atoms. The van der Waals surface area contributed by atoms with Crippen LogP contribution in [0.15, 0.2) is 29.6 Å². The van der Waals surface area contributed by atoms with Crippen LogP contribution >= 0.6 is 11.3 Å². The Balaban J connectivity index is 2.00. The highest BCUT2D eigenvalue weighted by Gasteiger charge is 2.05. The molecular weight excluding hydrogens is 268 g/mol. The highest BCUT2D eigenvalue weighted by molar-refractivity contribution is 7.13. The van der Waals surface area contributed by atoms with E-state index in [2.05, 4.69) is 48.6 Å². The van der Waals surface area contributed by atoms with E-state index in [4.69, 9.17) is 4.74 Å². The fraction of sp³-hybridized carbons (Fsp3) is 0.438. The van der Waals surface area contributed by atoms with Gasteiger partial charge in [-0.25, -0.2) is 4.98 Å². The van der Waals surface area contributed by atoms with E-state index in [0.717, 1.165) is 41.7 Å². The lowest BCUT2D eigenvalue weighted by molar-refractivity contribution is 0.271. The zero-order chi connectivity index (χ0) is 14.4. The van der Waals surface area contributed by atoms with E-state index in [1.54, 1.807) is 11.3 Å². The first-order chi connectivity index (χ1) is 9.69. The Morgan fingerprint density at radius 2 is 2.00 bits per heavy atom. The molecule has 1 heterocycles. The van der Waals surface area contributed by atoms with Gasteiger partial charge in [-0.15, -0.1) is 11.3 Å². The Kier molecular flexibility index (Phi) is 5.56. The predicted octanol–water partition coefficient (Wildman–Crippen LogP) is 3.95. The van der Waals surface area contributed by atoms with Crippen molar-refractivity contribution in [1.82, 2.24) is 10.3 Å². The van der Waals surface area contributed by atoms with Crippen molar-refractivity contribution < 1.29 is 4.74 Å². The summed E-state index contributed by atoms with van der Waals surface area (Å²) >= 11 is 1.69. The molecule has 0 aliphatic rings. The molecule has 0 bridgehead atoms. The van der Waals surface area contributed by atoms with Crippen molar-refractivity contribution in [2.75, 3.05) is 13.2 Å². The summed E-state index contributed by atoms with van der Waals surface area (Å²) in [6.07, 6.45) is 0. The van der Waals surface area contributed by atoms with Gasteiger partial charge >= 0.3 is 0 Å². The van der Waals surface area contributed by atoms with E-state index in [1.807, 2.05) is 12.1 Å². The van der Waals surface area contributed by atoms with Crippen molar-refractivity contribution >= 4 is 11.3 Å². The minimum Gasteiger partial charge on any atom is -0.493 e. The van der Waals surface area contributed by atoms with Gasteiger partial charge < -0.3 is 10.1 Å². The quantitative estimate of drug-likeness (QED) is 0.838. The van der Waals surface area contributed by atoms with Gasteiger partial charge in [-0.05, 0) is 36.7 Å². The average Bonchev–Trinajstić information content (AvgIpc) is 2.92. The monoisotopic (exact) mass is 290 g/mol. The third-order valence-electron chi connectivity index (χ3n) is 2.79. The number of rotatable bonds is 7. The predicted molar refractivity (Wildman–Crippen MR) is 85.3 cm³/mol. The molecule has 2 aromatic rings. The third-order valence-corrected chi connectivity index (χ3v) is 3.73. The van der Waals surface area contributed by atoms with E-state index in [9.17, 15) is 0 Å². The van der Waals surface area contributed by atoms with Crippen LogP contribution in [-0.4, -0.2) is 18.1 Å². The summed E-state index contributed by atoms with van der Waals surface area (Å²) in [5, 5.41) is 6.47. The molecule has 1 aromatic heterocycles. The summed E-state index contributed by atoms with van der Waals surface area (Å²) in [4.78, 5) is 4.64. The minimum absolute atomic E-state index is 0.544. The summed E-state index contributed by atoms with van der Waals surface area (Å²) in [7, 11) is 0. The first kappa shape index (κ1) is 15.0. The zero-order valence-corrected chi connectivity index (χ0v) is 13.2. The van der Waals surface area contributed by atoms with Crippen LogP contribution in [0.4, 0.5) is 0 Å². The molecule has 0 saturated carbocycles. The number of aromatic nitrogens is 1. The average molecular weight is 290 g/mol. The molecule has 0 aliphatic heterocycles. The number of hydrogen-bond donors (Lipinski definition) is 1. The number of nitrogens with zero attached hydrogens (tertiary/aromatic N) is 1. The normalized spacial score (nSPS) is 11.0. The van der Waals surface area contributed by atoms with Crippen LogP contribution in [0.1, 0.15) is 26.5 Å². The van der Waals surface area contributed by atoms with Gasteiger partial charge in [-0.3, -0.25) is 0 Å². The number of thiazole rings is 1. The Bertz CT molecular complexity index is 520. The lowest BCUT2D eigenvalue weighted by Gasteiger charge is -2.08. The maximum atomic E-state index is 5.69. The fourth-order valence-electron chi connectivity index (χ4n) is 1.73. The van der Waals surface area contributed by atoms with Crippen LogP contribution in [0.5, 0.6) is 5.75 Å². The van der Waals surface area contributed by atoms with E-state index < -0.39 is 0 Å². The maximum Gasteiger partial charge on any atom is 0.123 e. The Labute approximate surface area is 125 Å². The van der Waals surface area contributed by atoms with Crippen molar-refractivity contribution in [1.29, 1.82) is 0 Å². The van der Waals surface area contributed by atoms with Crippen LogP contribution in [0.25, 0.3) is 10.6 Å². The highest BCUT2D eigenvalue weighted by Crippen LogP contribution is 2.25. The van der Waals surface area contributed by atoms with E-state index in [1.165, 1.54) is 0 Å². The fourth-order valence-corrected chi connectivity index (χ4v) is 2.56. The lowest BCUT2D eigenvalue weighted by atomic mass is 10.2. The van der Waals surface area contributed by atoms with Crippen LogP contribution in [-0.2, 0) is 6.54 Å². The van der Waals surface area contributed by atoms with Crippen molar-refractivity contribution in [3.8, 4) is 16.3 Å². The number of ether oxygens (including phenoxy) is 1. The largest absolute Gasteiger partial charge is 0.493 e. The van der Waals surface area contributed by atoms with Crippen LogP contribution < -0.4 is 10.1 Å². The molecule has 0 saturated heterocycles. The second-order valence-corrected chi connectivity index (χ2v) is 6.01. The number of benzene rings is 1. The SMILES string of the molecule is CCNCc1csc(-c2ccc(OCC(C)C)cc2)n1. The molecule has 0 amide bonds. The molecule has 2 rings (SSSR count). The summed E-state index contributed by atoms with van der Waals surface area (Å²) < 4.78 is 5.69. The van der Waals surface area contributed by atoms with Gasteiger partial charge in [0.15, 0.2) is 0 Å². The van der Waals surface area contributed by atoms with Gasteiger partial charge in [0.1, 0.15) is 10.8 Å². The molecule has 3 nitrogen and oxygen atoms in total. The van der Waals surface area contributed by atoms with Gasteiger partial charge in [-0.2, -0.15) is 0 Å². The molecule has 0 aliphatic carbocycles. The van der Waals surface area contributed by atoms with Crippen molar-refractivity contribution in [3.63, 3.8) is 0 Å². The molecular formula is C16H22N2OS. The first-order valence-electron chi connectivity index (χ1n) is 7.07. The lowest BCUT2D eigenvalue weighted by Crippen LogP contribution is -2.11. The maximum absolute atomic E-state index is 5.69. The second-order valence-electron chi connectivity index (χ2n) is 5.15. The van der Waals surface area contributed by atoms with Crippen molar-refractivity contribution in [2.24, 2.45) is 5.92 Å². The van der Waals surface area contributed by atoms with Crippen LogP contribution in [0.2, 0.25) is 0 Å². The van der Waals surface area contributed by atoms with Crippen LogP contribution in [0.3, 0.4) is 0 Å². The Morgan fingerprint density at radius 1 is 1.25 bits per heavy atom. The third kappa shape index (κ3) is 4.32. The van der Waals surface area contributed by atoms with Crippen LogP contribution in [0, 0.1) is 5.92 Å². The molecule has 1 aromatic carbocycles. The minimum atomic E-state index is 0.544. The summed E-state index contributed by atoms with van der Waals surface area (Å²) in [6, 6.07) is 8.18. The van der Waals surface area contributed by atoms with Crippen molar-refractivity contribution in [3.05, 3.63) is 35.3 Å². The number of hydrogen-bond acceptors (Lipinski definition) is 4. The molecule has 1 N–H and O–H groups in total. The van der Waals surface area contributed by atoms with Gasteiger partial charge in [0, 0.05) is 17.5 Å². The van der Waals surface area contributed by atoms with E-state index in [-0.39, 0.29) is 0 Å². The molecule has 0 spiro atoms. The van der Waals surface area contributed by atoms with Gasteiger partial charge in [0.25, 0.3) is 0 Å². The molecule has 4 heteroatoms. The van der Waals surface area contributed by atoms with Gasteiger partial charge in [0.05, 0.1) is 12.3 Å². The number of nitrogens with one attached hydrogen (secondary N) is 1. The molecule has 0 unspecified atom stereocenters. The van der Waals surface area contributed by atoms with Gasteiger partial charge in [-0.1, -0.05) is 20.8 Å².